The fraction of sp³-hybridized carbons (Fsp3) is 0.462. The first-order valence-electron chi connectivity index (χ1n) is 6.56. The minimum atomic E-state index is -3.66. The molecule has 0 aliphatic carbocycles. The third-order valence-corrected chi connectivity index (χ3v) is 4.42. The maximum absolute atomic E-state index is 12.2. The number of aromatic amines is 1. The summed E-state index contributed by atoms with van der Waals surface area (Å²) in [5, 5.41) is 6.80. The van der Waals surface area contributed by atoms with Crippen LogP contribution in [0.25, 0.3) is 0 Å². The maximum Gasteiger partial charge on any atom is 0.266 e. The van der Waals surface area contributed by atoms with E-state index in [9.17, 15) is 8.42 Å². The van der Waals surface area contributed by atoms with Crippen LogP contribution in [0.5, 0.6) is 0 Å². The van der Waals surface area contributed by atoms with E-state index in [4.69, 9.17) is 4.42 Å². The van der Waals surface area contributed by atoms with E-state index in [1.807, 2.05) is 0 Å². The zero-order valence-corrected chi connectivity index (χ0v) is 12.7. The molecule has 0 bridgehead atoms. The molecule has 0 aromatic carbocycles. The molecule has 0 aliphatic rings. The molecule has 2 aromatic rings. The smallest absolute Gasteiger partial charge is 0.266 e. The van der Waals surface area contributed by atoms with E-state index in [1.165, 1.54) is 6.07 Å². The summed E-state index contributed by atoms with van der Waals surface area (Å²) >= 11 is 0. The van der Waals surface area contributed by atoms with Crippen LogP contribution in [-0.4, -0.2) is 18.6 Å². The molecule has 2 aromatic heterocycles. The van der Waals surface area contributed by atoms with Gasteiger partial charge in [0.25, 0.3) is 10.0 Å². The molecule has 2 N–H and O–H groups in total. The Hall–Kier alpha value is -1.76. The number of nitrogens with zero attached hydrogens (tertiary/aromatic N) is 1. The summed E-state index contributed by atoms with van der Waals surface area (Å²) in [6.45, 7) is 5.44. The Balaban J connectivity index is 2.16. The number of anilines is 1. The van der Waals surface area contributed by atoms with Gasteiger partial charge in [-0.25, -0.2) is 8.42 Å². The minimum Gasteiger partial charge on any atom is -0.465 e. The molecule has 0 saturated carbocycles. The van der Waals surface area contributed by atoms with Crippen LogP contribution in [0.4, 0.5) is 5.82 Å². The molecule has 0 spiro atoms. The van der Waals surface area contributed by atoms with Gasteiger partial charge < -0.3 is 4.42 Å². The Bertz CT molecular complexity index is 686. The fourth-order valence-electron chi connectivity index (χ4n) is 1.98. The molecule has 0 aliphatic heterocycles. The summed E-state index contributed by atoms with van der Waals surface area (Å²) in [6, 6.07) is 3.22. The molecular formula is C13H19N3O3S. The van der Waals surface area contributed by atoms with Crippen molar-refractivity contribution in [3.63, 3.8) is 0 Å². The largest absolute Gasteiger partial charge is 0.465 e. The highest BCUT2D eigenvalue weighted by Gasteiger charge is 2.21. The third-order valence-electron chi connectivity index (χ3n) is 2.95. The molecule has 0 radical (unpaired) electrons. The second kappa shape index (κ2) is 5.70. The Morgan fingerprint density at radius 2 is 2.10 bits per heavy atom. The minimum absolute atomic E-state index is 0.146. The molecular weight excluding hydrogens is 278 g/mol. The first-order valence-corrected chi connectivity index (χ1v) is 8.05. The van der Waals surface area contributed by atoms with Crippen molar-refractivity contribution in [3.05, 3.63) is 29.3 Å². The number of furan rings is 1. The van der Waals surface area contributed by atoms with Crippen molar-refractivity contribution < 1.29 is 12.8 Å². The Kier molecular flexibility index (Phi) is 4.17. The zero-order valence-electron chi connectivity index (χ0n) is 11.9. The van der Waals surface area contributed by atoms with Crippen LogP contribution in [0.1, 0.15) is 37.0 Å². The molecule has 0 amide bonds. The number of rotatable bonds is 6. The van der Waals surface area contributed by atoms with Gasteiger partial charge in [-0.15, -0.1) is 0 Å². The summed E-state index contributed by atoms with van der Waals surface area (Å²) in [4.78, 5) is 0.146. The number of aromatic nitrogens is 2. The molecule has 20 heavy (non-hydrogen) atoms. The van der Waals surface area contributed by atoms with Crippen LogP contribution in [0.2, 0.25) is 0 Å². The van der Waals surface area contributed by atoms with E-state index in [0.29, 0.717) is 17.3 Å². The van der Waals surface area contributed by atoms with E-state index in [1.54, 1.807) is 19.9 Å². The number of hydrogen-bond donors (Lipinski definition) is 2. The van der Waals surface area contributed by atoms with Gasteiger partial charge in [-0.05, 0) is 26.7 Å². The second-order valence-corrected chi connectivity index (χ2v) is 6.42. The van der Waals surface area contributed by atoms with Crippen molar-refractivity contribution in [2.75, 3.05) is 4.72 Å². The van der Waals surface area contributed by atoms with Crippen molar-refractivity contribution in [1.29, 1.82) is 0 Å². The van der Waals surface area contributed by atoms with Crippen LogP contribution in [0, 0.1) is 13.8 Å². The van der Waals surface area contributed by atoms with Gasteiger partial charge in [0, 0.05) is 17.8 Å². The number of aryl methyl sites for hydroxylation is 3. The second-order valence-electron chi connectivity index (χ2n) is 4.76. The highest BCUT2D eigenvalue weighted by molar-refractivity contribution is 7.92. The maximum atomic E-state index is 12.2. The highest BCUT2D eigenvalue weighted by Crippen LogP contribution is 2.22. The normalized spacial score (nSPS) is 11.8. The highest BCUT2D eigenvalue weighted by atomic mass is 32.2. The monoisotopic (exact) mass is 297 g/mol. The van der Waals surface area contributed by atoms with Gasteiger partial charge in [-0.1, -0.05) is 13.3 Å². The predicted molar refractivity (Wildman–Crippen MR) is 76.2 cm³/mol. The topological polar surface area (TPSA) is 88.0 Å². The number of sulfonamides is 1. The summed E-state index contributed by atoms with van der Waals surface area (Å²) in [5.74, 6) is 1.24. The third kappa shape index (κ3) is 3.22. The summed E-state index contributed by atoms with van der Waals surface area (Å²) in [5.41, 5.74) is 0.921. The van der Waals surface area contributed by atoms with Crippen molar-refractivity contribution in [3.8, 4) is 0 Å². The lowest BCUT2D eigenvalue weighted by molar-refractivity contribution is 0.496. The van der Waals surface area contributed by atoms with E-state index >= 15 is 0 Å². The van der Waals surface area contributed by atoms with Crippen molar-refractivity contribution in [2.24, 2.45) is 0 Å². The summed E-state index contributed by atoms with van der Waals surface area (Å²) in [6.07, 6.45) is 2.97. The molecule has 2 heterocycles. The number of hydrogen-bond acceptors (Lipinski definition) is 4. The van der Waals surface area contributed by atoms with Crippen molar-refractivity contribution >= 4 is 15.8 Å². The van der Waals surface area contributed by atoms with Crippen molar-refractivity contribution in [1.82, 2.24) is 10.2 Å². The van der Waals surface area contributed by atoms with Gasteiger partial charge in [0.15, 0.2) is 5.82 Å². The van der Waals surface area contributed by atoms with Gasteiger partial charge in [0.2, 0.25) is 0 Å². The van der Waals surface area contributed by atoms with Crippen molar-refractivity contribution in [2.45, 2.75) is 44.9 Å². The Morgan fingerprint density at radius 1 is 1.35 bits per heavy atom. The van der Waals surface area contributed by atoms with Gasteiger partial charge in [-0.3, -0.25) is 9.82 Å². The van der Waals surface area contributed by atoms with Gasteiger partial charge in [0.05, 0.1) is 0 Å². The quantitative estimate of drug-likeness (QED) is 0.858. The van der Waals surface area contributed by atoms with E-state index < -0.39 is 10.0 Å². The Labute approximate surface area is 118 Å². The van der Waals surface area contributed by atoms with E-state index in [2.05, 4.69) is 21.8 Å². The van der Waals surface area contributed by atoms with Crippen LogP contribution in [-0.2, 0) is 16.4 Å². The molecule has 0 unspecified atom stereocenters. The molecule has 2 rings (SSSR count). The molecule has 7 heteroatoms. The van der Waals surface area contributed by atoms with E-state index in [0.717, 1.165) is 25.0 Å². The average Bonchev–Trinajstić information content (AvgIpc) is 2.93. The van der Waals surface area contributed by atoms with Gasteiger partial charge >= 0.3 is 0 Å². The molecule has 0 fully saturated rings. The van der Waals surface area contributed by atoms with E-state index in [-0.39, 0.29) is 4.90 Å². The SMILES string of the molecule is CCCCc1cc(NS(=O)(=O)c2cc(C)oc2C)n[nH]1. The number of unbranched alkanes of at least 4 members (excludes halogenated alkanes) is 1. The average molecular weight is 297 g/mol. The van der Waals surface area contributed by atoms with Gasteiger partial charge in [0.1, 0.15) is 16.4 Å². The van der Waals surface area contributed by atoms with Gasteiger partial charge in [-0.2, -0.15) is 5.10 Å². The molecule has 110 valence electrons. The first-order chi connectivity index (χ1) is 9.42. The van der Waals surface area contributed by atoms with Crippen LogP contribution in [0.3, 0.4) is 0 Å². The Morgan fingerprint density at radius 3 is 2.70 bits per heavy atom. The number of nitrogens with one attached hydrogen (secondary N) is 2. The lowest BCUT2D eigenvalue weighted by Crippen LogP contribution is -2.13. The standard InChI is InChI=1S/C13H19N3O3S/c1-4-5-6-11-8-13(15-14-11)16-20(17,18)12-7-9(2)19-10(12)3/h7-8H,4-6H2,1-3H3,(H2,14,15,16). The zero-order chi connectivity index (χ0) is 14.8. The molecule has 6 nitrogen and oxygen atoms in total. The lowest BCUT2D eigenvalue weighted by Gasteiger charge is -2.02. The van der Waals surface area contributed by atoms with Crippen LogP contribution >= 0.6 is 0 Å². The van der Waals surface area contributed by atoms with Crippen LogP contribution < -0.4 is 4.72 Å². The molecule has 0 atom stereocenters. The predicted octanol–water partition coefficient (Wildman–Crippen LogP) is 2.76. The van der Waals surface area contributed by atoms with Crippen LogP contribution in [0.15, 0.2) is 21.4 Å². The summed E-state index contributed by atoms with van der Waals surface area (Å²) < 4.78 is 32.2. The first kappa shape index (κ1) is 14.6. The summed E-state index contributed by atoms with van der Waals surface area (Å²) in [7, 11) is -3.66. The molecule has 0 saturated heterocycles. The number of H-pyrrole nitrogens is 1. The lowest BCUT2D eigenvalue weighted by atomic mass is 10.2. The fourth-order valence-corrected chi connectivity index (χ4v) is 3.21.